The molecule has 0 fully saturated rings. The van der Waals surface area contributed by atoms with Crippen LogP contribution in [0.15, 0.2) is 48.5 Å². The quantitative estimate of drug-likeness (QED) is 0.543. The molecule has 0 radical (unpaired) electrons. The average molecular weight is 358 g/mol. The van der Waals surface area contributed by atoms with Crippen LogP contribution in [-0.2, 0) is 17.8 Å². The number of amides is 1. The van der Waals surface area contributed by atoms with E-state index in [-0.39, 0.29) is 19.6 Å². The minimum atomic E-state index is -1.11. The zero-order valence-corrected chi connectivity index (χ0v) is 14.9. The van der Waals surface area contributed by atoms with Crippen molar-refractivity contribution in [1.82, 2.24) is 5.32 Å². The summed E-state index contributed by atoms with van der Waals surface area (Å²) >= 11 is 0. The molecule has 0 heterocycles. The maximum Gasteiger partial charge on any atom is 0.407 e. The van der Waals surface area contributed by atoms with Crippen molar-refractivity contribution in [2.75, 3.05) is 12.3 Å². The Hall–Kier alpha value is -2.57. The molecule has 0 aromatic heterocycles. The number of carbonyl (C=O) groups excluding carboxylic acids is 1. The molecule has 0 spiro atoms. The number of rotatable bonds is 8. The van der Waals surface area contributed by atoms with Crippen molar-refractivity contribution < 1.29 is 19.7 Å². The van der Waals surface area contributed by atoms with Crippen LogP contribution in [0.4, 0.5) is 10.5 Å². The fourth-order valence-electron chi connectivity index (χ4n) is 2.56. The number of aliphatic hydroxyl groups is 2. The SMILES string of the molecule is CCc1ccc(N)c(C(O)C(O)CCNC(=O)OCc2ccccc2)c1. The Labute approximate surface area is 153 Å². The van der Waals surface area contributed by atoms with Gasteiger partial charge in [0.1, 0.15) is 12.7 Å². The molecule has 0 aliphatic rings. The van der Waals surface area contributed by atoms with E-state index in [9.17, 15) is 15.0 Å². The van der Waals surface area contributed by atoms with Crippen LogP contribution < -0.4 is 11.1 Å². The van der Waals surface area contributed by atoms with E-state index in [1.165, 1.54) is 0 Å². The predicted molar refractivity (Wildman–Crippen MR) is 100 cm³/mol. The van der Waals surface area contributed by atoms with Gasteiger partial charge in [0.15, 0.2) is 0 Å². The number of benzene rings is 2. The molecule has 26 heavy (non-hydrogen) atoms. The maximum atomic E-state index is 11.7. The van der Waals surface area contributed by atoms with E-state index in [4.69, 9.17) is 10.5 Å². The first-order chi connectivity index (χ1) is 12.5. The second-order valence-corrected chi connectivity index (χ2v) is 6.11. The average Bonchev–Trinajstić information content (AvgIpc) is 2.67. The Morgan fingerprint density at radius 1 is 1.15 bits per heavy atom. The third-order valence-corrected chi connectivity index (χ3v) is 4.16. The molecule has 6 heteroatoms. The van der Waals surface area contributed by atoms with Gasteiger partial charge in [-0.05, 0) is 30.0 Å². The molecule has 2 aromatic rings. The first-order valence-corrected chi connectivity index (χ1v) is 8.70. The van der Waals surface area contributed by atoms with Crippen LogP contribution in [0.2, 0.25) is 0 Å². The standard InChI is InChI=1S/C20H26N2O4/c1-2-14-8-9-17(21)16(12-14)19(24)18(23)10-11-22-20(25)26-13-15-6-4-3-5-7-15/h3-9,12,18-19,23-24H,2,10-11,13,21H2,1H3,(H,22,25). The lowest BCUT2D eigenvalue weighted by Gasteiger charge is -2.20. The highest BCUT2D eigenvalue weighted by molar-refractivity contribution is 5.67. The Balaban J connectivity index is 1.77. The smallest absolute Gasteiger partial charge is 0.407 e. The second kappa shape index (κ2) is 9.79. The van der Waals surface area contributed by atoms with Crippen LogP contribution in [0.1, 0.15) is 36.1 Å². The maximum absolute atomic E-state index is 11.7. The number of aliphatic hydroxyl groups excluding tert-OH is 2. The van der Waals surface area contributed by atoms with Gasteiger partial charge in [0.25, 0.3) is 0 Å². The molecule has 140 valence electrons. The highest BCUT2D eigenvalue weighted by Crippen LogP contribution is 2.26. The Bertz CT molecular complexity index is 706. The molecule has 0 aliphatic carbocycles. The van der Waals surface area contributed by atoms with Crippen molar-refractivity contribution in [2.24, 2.45) is 0 Å². The van der Waals surface area contributed by atoms with Crippen LogP contribution in [0.3, 0.4) is 0 Å². The van der Waals surface area contributed by atoms with Crippen molar-refractivity contribution in [3.8, 4) is 0 Å². The summed E-state index contributed by atoms with van der Waals surface area (Å²) in [6.45, 7) is 2.36. The molecule has 2 unspecified atom stereocenters. The molecule has 0 aliphatic heterocycles. The Kier molecular flexibility index (Phi) is 7.44. The molecule has 1 amide bonds. The van der Waals surface area contributed by atoms with Gasteiger partial charge in [-0.3, -0.25) is 0 Å². The summed E-state index contributed by atoms with van der Waals surface area (Å²) in [7, 11) is 0. The lowest BCUT2D eigenvalue weighted by Crippen LogP contribution is -2.30. The highest BCUT2D eigenvalue weighted by Gasteiger charge is 2.21. The number of nitrogens with two attached hydrogens (primary N) is 1. The fourth-order valence-corrected chi connectivity index (χ4v) is 2.56. The van der Waals surface area contributed by atoms with Gasteiger partial charge < -0.3 is 26.0 Å². The zero-order valence-electron chi connectivity index (χ0n) is 14.9. The minimum Gasteiger partial charge on any atom is -0.445 e. The second-order valence-electron chi connectivity index (χ2n) is 6.11. The van der Waals surface area contributed by atoms with Crippen molar-refractivity contribution in [3.05, 3.63) is 65.2 Å². The van der Waals surface area contributed by atoms with E-state index in [1.807, 2.05) is 43.3 Å². The van der Waals surface area contributed by atoms with Gasteiger partial charge in [0.05, 0.1) is 6.10 Å². The van der Waals surface area contributed by atoms with Crippen molar-refractivity contribution in [2.45, 2.75) is 38.6 Å². The van der Waals surface area contributed by atoms with E-state index >= 15 is 0 Å². The number of nitrogen functional groups attached to an aromatic ring is 1. The number of anilines is 1. The molecule has 5 N–H and O–H groups in total. The fraction of sp³-hybridized carbons (Fsp3) is 0.350. The number of hydrogen-bond donors (Lipinski definition) is 4. The number of ether oxygens (including phenoxy) is 1. The molecule has 0 bridgehead atoms. The molecular formula is C20H26N2O4. The van der Waals surface area contributed by atoms with Crippen LogP contribution in [0.5, 0.6) is 0 Å². The molecular weight excluding hydrogens is 332 g/mol. The molecule has 0 saturated carbocycles. The number of aryl methyl sites for hydroxylation is 1. The van der Waals surface area contributed by atoms with E-state index in [1.54, 1.807) is 12.1 Å². The van der Waals surface area contributed by atoms with Gasteiger partial charge in [-0.2, -0.15) is 0 Å². The van der Waals surface area contributed by atoms with Gasteiger partial charge in [0, 0.05) is 17.8 Å². The lowest BCUT2D eigenvalue weighted by molar-refractivity contribution is 0.0140. The summed E-state index contributed by atoms with van der Waals surface area (Å²) < 4.78 is 5.09. The summed E-state index contributed by atoms with van der Waals surface area (Å²) in [6.07, 6.45) is -1.73. The van der Waals surface area contributed by atoms with Gasteiger partial charge in [-0.25, -0.2) is 4.79 Å². The topological polar surface area (TPSA) is 105 Å². The third kappa shape index (κ3) is 5.75. The Morgan fingerprint density at radius 3 is 2.58 bits per heavy atom. The molecule has 0 saturated heterocycles. The summed E-state index contributed by atoms with van der Waals surface area (Å²) in [4.78, 5) is 11.7. The summed E-state index contributed by atoms with van der Waals surface area (Å²) in [5, 5.41) is 23.1. The van der Waals surface area contributed by atoms with Gasteiger partial charge >= 0.3 is 6.09 Å². The van der Waals surface area contributed by atoms with Crippen LogP contribution >= 0.6 is 0 Å². The van der Waals surface area contributed by atoms with Crippen LogP contribution in [-0.4, -0.2) is 29.0 Å². The molecule has 2 aromatic carbocycles. The number of hydrogen-bond acceptors (Lipinski definition) is 5. The molecule has 6 nitrogen and oxygen atoms in total. The first kappa shape index (κ1) is 19.8. The van der Waals surface area contributed by atoms with E-state index in [2.05, 4.69) is 5.32 Å². The van der Waals surface area contributed by atoms with Gasteiger partial charge in [-0.15, -0.1) is 0 Å². The van der Waals surface area contributed by atoms with E-state index in [0.717, 1.165) is 17.5 Å². The molecule has 2 rings (SSSR count). The largest absolute Gasteiger partial charge is 0.445 e. The number of nitrogens with one attached hydrogen (secondary N) is 1. The van der Waals surface area contributed by atoms with Gasteiger partial charge in [0.2, 0.25) is 0 Å². The highest BCUT2D eigenvalue weighted by atomic mass is 16.5. The van der Waals surface area contributed by atoms with E-state index < -0.39 is 18.3 Å². The summed E-state index contributed by atoms with van der Waals surface area (Å²) in [6, 6.07) is 14.8. The first-order valence-electron chi connectivity index (χ1n) is 8.70. The van der Waals surface area contributed by atoms with Gasteiger partial charge in [-0.1, -0.05) is 49.4 Å². The molecule has 2 atom stereocenters. The zero-order chi connectivity index (χ0) is 18.9. The Morgan fingerprint density at radius 2 is 1.88 bits per heavy atom. The third-order valence-electron chi connectivity index (χ3n) is 4.16. The van der Waals surface area contributed by atoms with E-state index in [0.29, 0.717) is 11.3 Å². The van der Waals surface area contributed by atoms with Crippen molar-refractivity contribution >= 4 is 11.8 Å². The van der Waals surface area contributed by atoms with Crippen LogP contribution in [0, 0.1) is 0 Å². The summed E-state index contributed by atoms with van der Waals surface area (Å²) in [5.41, 5.74) is 8.75. The minimum absolute atomic E-state index is 0.178. The normalized spacial score (nSPS) is 13.0. The van der Waals surface area contributed by atoms with Crippen molar-refractivity contribution in [1.29, 1.82) is 0 Å². The lowest BCUT2D eigenvalue weighted by atomic mass is 9.97. The summed E-state index contributed by atoms with van der Waals surface area (Å²) in [5.74, 6) is 0. The monoisotopic (exact) mass is 358 g/mol. The predicted octanol–water partition coefficient (Wildman–Crippen LogP) is 2.54. The number of alkyl carbamates (subject to hydrolysis) is 1. The number of carbonyl (C=O) groups is 1. The van der Waals surface area contributed by atoms with Crippen molar-refractivity contribution in [3.63, 3.8) is 0 Å². The van der Waals surface area contributed by atoms with Crippen LogP contribution in [0.25, 0.3) is 0 Å².